The normalized spacial score (nSPS) is 20.2. The molecule has 2 unspecified atom stereocenters. The minimum atomic E-state index is -1.03. The van der Waals surface area contributed by atoms with Crippen LogP contribution in [0.3, 0.4) is 0 Å². The van der Waals surface area contributed by atoms with Gasteiger partial charge in [0.2, 0.25) is 0 Å². The fourth-order valence-corrected chi connectivity index (χ4v) is 2.67. The molecule has 0 N–H and O–H groups in total. The Morgan fingerprint density at radius 1 is 1.31 bits per heavy atom. The van der Waals surface area contributed by atoms with Crippen molar-refractivity contribution in [3.63, 3.8) is 0 Å². The molecule has 0 bridgehead atoms. The van der Waals surface area contributed by atoms with E-state index in [4.69, 9.17) is 0 Å². The van der Waals surface area contributed by atoms with Gasteiger partial charge in [-0.2, -0.15) is 0 Å². The Morgan fingerprint density at radius 2 is 2.04 bits per heavy atom. The van der Waals surface area contributed by atoms with Crippen LogP contribution in [0.15, 0.2) is 47.5 Å². The molecular weight excluding hydrogens is 332 g/mol. The average molecular weight is 355 g/mol. The molecule has 4 heteroatoms. The largest absolute Gasteiger partial charge is 0.294 e. The highest BCUT2D eigenvalue weighted by Crippen LogP contribution is 2.32. The van der Waals surface area contributed by atoms with Gasteiger partial charge >= 0.3 is 0 Å². The molecule has 1 aliphatic rings. The van der Waals surface area contributed by atoms with Crippen molar-refractivity contribution < 1.29 is 13.6 Å². The lowest BCUT2D eigenvalue weighted by Crippen LogP contribution is -2.35. The molecule has 2 nitrogen and oxygen atoms in total. The topological polar surface area (TPSA) is 29.4 Å². The van der Waals surface area contributed by atoms with Crippen molar-refractivity contribution >= 4 is 12.0 Å². The van der Waals surface area contributed by atoms with Crippen LogP contribution in [0, 0.1) is 34.8 Å². The Balaban J connectivity index is 2.26. The van der Waals surface area contributed by atoms with Gasteiger partial charge in [-0.15, -0.1) is 0 Å². The summed E-state index contributed by atoms with van der Waals surface area (Å²) in [4.78, 5) is 17.4. The molecule has 0 saturated carbocycles. The lowest BCUT2D eigenvalue weighted by molar-refractivity contribution is 0.0884. The summed E-state index contributed by atoms with van der Waals surface area (Å²) in [5.41, 5.74) is -0.681. The smallest absolute Gasteiger partial charge is 0.169 e. The number of aliphatic imine (C=N–C) groups is 1. The third kappa shape index (κ3) is 4.98. The first kappa shape index (κ1) is 19.8. The predicted octanol–water partition coefficient (Wildman–Crippen LogP) is 5.16. The van der Waals surface area contributed by atoms with Crippen LogP contribution in [-0.2, 0) is 0 Å². The second-order valence-electron chi connectivity index (χ2n) is 7.57. The first-order chi connectivity index (χ1) is 12.1. The fourth-order valence-electron chi connectivity index (χ4n) is 2.67. The van der Waals surface area contributed by atoms with Gasteiger partial charge in [0.15, 0.2) is 17.4 Å². The van der Waals surface area contributed by atoms with E-state index in [1.165, 1.54) is 6.07 Å². The molecule has 0 radical (unpaired) electrons. The molecule has 1 heterocycles. The summed E-state index contributed by atoms with van der Waals surface area (Å²) in [6, 6.07) is 3.22. The van der Waals surface area contributed by atoms with Crippen molar-refractivity contribution in [3.05, 3.63) is 59.7 Å². The molecule has 2 atom stereocenters. The molecule has 1 aliphatic heterocycles. The van der Waals surface area contributed by atoms with Gasteiger partial charge < -0.3 is 0 Å². The van der Waals surface area contributed by atoms with Gasteiger partial charge in [-0.3, -0.25) is 9.79 Å². The Morgan fingerprint density at radius 3 is 2.62 bits per heavy atom. The number of ketones is 1. The van der Waals surface area contributed by atoms with Crippen molar-refractivity contribution in [1.29, 1.82) is 0 Å². The van der Waals surface area contributed by atoms with Gasteiger partial charge in [0, 0.05) is 17.2 Å². The lowest BCUT2D eigenvalue weighted by atomic mass is 9.79. The molecule has 0 spiro atoms. The van der Waals surface area contributed by atoms with Gasteiger partial charge in [0.1, 0.15) is 0 Å². The summed E-state index contributed by atoms with van der Waals surface area (Å²) in [6.07, 6.45) is 9.23. The third-order valence-electron chi connectivity index (χ3n) is 4.12. The molecule has 1 aromatic carbocycles. The predicted molar refractivity (Wildman–Crippen MR) is 101 cm³/mol. The Kier molecular flexibility index (Phi) is 5.92. The zero-order valence-corrected chi connectivity index (χ0v) is 15.5. The van der Waals surface area contributed by atoms with E-state index in [2.05, 4.69) is 16.8 Å². The minimum Gasteiger partial charge on any atom is -0.294 e. The van der Waals surface area contributed by atoms with Crippen LogP contribution in [-0.4, -0.2) is 17.5 Å². The number of carbonyl (C=O) groups is 1. The number of carbonyl (C=O) groups excluding carboxylic acids is 1. The zero-order chi connectivity index (χ0) is 19.4. The highest BCUT2D eigenvalue weighted by molar-refractivity contribution is 5.99. The van der Waals surface area contributed by atoms with Gasteiger partial charge in [-0.05, 0) is 64.5 Å². The van der Waals surface area contributed by atoms with Crippen LogP contribution in [0.1, 0.15) is 44.5 Å². The van der Waals surface area contributed by atoms with Crippen LogP contribution in [0.25, 0.3) is 0 Å². The first-order valence-electron chi connectivity index (χ1n) is 8.52. The second-order valence-corrected chi connectivity index (χ2v) is 7.57. The van der Waals surface area contributed by atoms with Crippen LogP contribution in [0.4, 0.5) is 8.78 Å². The monoisotopic (exact) mass is 355 g/mol. The summed E-state index contributed by atoms with van der Waals surface area (Å²) >= 11 is 0. The highest BCUT2D eigenvalue weighted by atomic mass is 19.2. The second kappa shape index (κ2) is 7.78. The Hall–Kier alpha value is -2.54. The highest BCUT2D eigenvalue weighted by Gasteiger charge is 2.37. The van der Waals surface area contributed by atoms with E-state index in [0.29, 0.717) is 6.42 Å². The van der Waals surface area contributed by atoms with Gasteiger partial charge in [-0.25, -0.2) is 8.78 Å². The van der Waals surface area contributed by atoms with E-state index in [-0.39, 0.29) is 16.8 Å². The van der Waals surface area contributed by atoms with Crippen molar-refractivity contribution in [2.75, 3.05) is 0 Å². The molecular formula is C22H23F2NO. The van der Waals surface area contributed by atoms with Crippen molar-refractivity contribution in [2.24, 2.45) is 16.3 Å². The summed E-state index contributed by atoms with van der Waals surface area (Å²) in [5.74, 6) is 3.25. The fraction of sp³-hybridized carbons (Fsp3) is 0.364. The summed E-state index contributed by atoms with van der Waals surface area (Å²) in [7, 11) is 0. The molecule has 0 aromatic heterocycles. The van der Waals surface area contributed by atoms with Crippen molar-refractivity contribution in [3.8, 4) is 11.8 Å². The van der Waals surface area contributed by atoms with Gasteiger partial charge in [-0.1, -0.05) is 24.0 Å². The van der Waals surface area contributed by atoms with Crippen molar-refractivity contribution in [2.45, 2.75) is 39.7 Å². The number of hydrogen-bond acceptors (Lipinski definition) is 2. The number of halogens is 2. The molecule has 0 saturated heterocycles. The standard InChI is InChI=1S/C22H23F2NO/c1-21(2,3)12-7-5-6-9-17(22(4)13-8-14-25-22)20(26)16-10-11-18(23)19(24)15-16/h5-6,8,10-11,13-15,17H,9H2,1-4H3. The number of rotatable bonds is 5. The number of hydrogen-bond donors (Lipinski definition) is 0. The quantitative estimate of drug-likeness (QED) is 0.530. The maximum absolute atomic E-state index is 13.5. The van der Waals surface area contributed by atoms with E-state index < -0.39 is 23.1 Å². The Bertz CT molecular complexity index is 820. The zero-order valence-electron chi connectivity index (χ0n) is 15.5. The van der Waals surface area contributed by atoms with Crippen LogP contribution >= 0.6 is 0 Å². The molecule has 136 valence electrons. The van der Waals surface area contributed by atoms with Gasteiger partial charge in [0.05, 0.1) is 11.5 Å². The van der Waals surface area contributed by atoms with E-state index in [9.17, 15) is 13.6 Å². The Labute approximate surface area is 153 Å². The van der Waals surface area contributed by atoms with E-state index in [1.54, 1.807) is 18.4 Å². The SMILES string of the molecule is CC(C)(C)C#CC=CCC(C(=O)c1ccc(F)c(F)c1)C1(C)C=CC=N1. The van der Waals surface area contributed by atoms with Crippen LogP contribution in [0.2, 0.25) is 0 Å². The molecule has 0 aliphatic carbocycles. The number of nitrogens with zero attached hydrogens (tertiary/aromatic N) is 1. The number of Topliss-reactive ketones (excluding diaryl/α,β-unsaturated/α-hetero) is 1. The first-order valence-corrected chi connectivity index (χ1v) is 8.52. The summed E-state index contributed by atoms with van der Waals surface area (Å²) in [5, 5.41) is 0. The molecule has 0 amide bonds. The minimum absolute atomic E-state index is 0.102. The molecule has 2 rings (SSSR count). The summed E-state index contributed by atoms with van der Waals surface area (Å²) < 4.78 is 26.7. The number of benzene rings is 1. The third-order valence-corrected chi connectivity index (χ3v) is 4.12. The molecule has 1 aromatic rings. The van der Waals surface area contributed by atoms with E-state index in [0.717, 1.165) is 12.1 Å². The van der Waals surface area contributed by atoms with Crippen LogP contribution in [0.5, 0.6) is 0 Å². The maximum atomic E-state index is 13.5. The van der Waals surface area contributed by atoms with Crippen LogP contribution < -0.4 is 0 Å². The van der Waals surface area contributed by atoms with Crippen molar-refractivity contribution in [1.82, 2.24) is 0 Å². The van der Waals surface area contributed by atoms with E-state index >= 15 is 0 Å². The van der Waals surface area contributed by atoms with E-state index in [1.807, 2.05) is 39.8 Å². The number of allylic oxidation sites excluding steroid dienone is 3. The molecule has 0 fully saturated rings. The molecule has 26 heavy (non-hydrogen) atoms. The lowest BCUT2D eigenvalue weighted by Gasteiger charge is -2.28. The average Bonchev–Trinajstić information content (AvgIpc) is 2.99. The van der Waals surface area contributed by atoms with Gasteiger partial charge in [0.25, 0.3) is 0 Å². The summed E-state index contributed by atoms with van der Waals surface area (Å²) in [6.45, 7) is 7.90. The maximum Gasteiger partial charge on any atom is 0.169 e.